The molecule has 1 unspecified atom stereocenters. The van der Waals surface area contributed by atoms with Gasteiger partial charge in [-0.2, -0.15) is 0 Å². The van der Waals surface area contributed by atoms with Gasteiger partial charge in [0.25, 0.3) is 0 Å². The molecule has 0 rings (SSSR count). The Bertz CT molecular complexity index is 211. The van der Waals surface area contributed by atoms with E-state index in [1.54, 1.807) is 11.8 Å². The molecule has 0 heterocycles. The van der Waals surface area contributed by atoms with Crippen LogP contribution >= 0.6 is 0 Å². The molecule has 0 bridgehead atoms. The van der Waals surface area contributed by atoms with Gasteiger partial charge in [0, 0.05) is 20.0 Å². The van der Waals surface area contributed by atoms with Crippen molar-refractivity contribution in [3.63, 3.8) is 0 Å². The van der Waals surface area contributed by atoms with Crippen molar-refractivity contribution in [1.29, 1.82) is 0 Å². The SMILES string of the molecule is CCCN(CCC)C(=O)C(C)NC(C)=O. The molecular formula is C11H22N2O2. The molecule has 0 aromatic rings. The number of nitrogens with one attached hydrogen (secondary N) is 1. The molecule has 0 spiro atoms. The highest BCUT2D eigenvalue weighted by Gasteiger charge is 2.19. The molecule has 0 aliphatic carbocycles. The van der Waals surface area contributed by atoms with Crippen molar-refractivity contribution in [3.05, 3.63) is 0 Å². The minimum Gasteiger partial charge on any atom is -0.345 e. The van der Waals surface area contributed by atoms with E-state index in [-0.39, 0.29) is 11.8 Å². The van der Waals surface area contributed by atoms with Gasteiger partial charge in [0.05, 0.1) is 0 Å². The summed E-state index contributed by atoms with van der Waals surface area (Å²) in [6.45, 7) is 8.75. The minimum absolute atomic E-state index is 0.00824. The van der Waals surface area contributed by atoms with Gasteiger partial charge in [-0.3, -0.25) is 9.59 Å². The molecule has 15 heavy (non-hydrogen) atoms. The zero-order valence-corrected chi connectivity index (χ0v) is 10.2. The number of rotatable bonds is 6. The van der Waals surface area contributed by atoms with Gasteiger partial charge in [-0.25, -0.2) is 0 Å². The maximum atomic E-state index is 11.9. The lowest BCUT2D eigenvalue weighted by Gasteiger charge is -2.25. The predicted octanol–water partition coefficient (Wildman–Crippen LogP) is 1.16. The summed E-state index contributed by atoms with van der Waals surface area (Å²) >= 11 is 0. The molecule has 1 atom stereocenters. The van der Waals surface area contributed by atoms with Gasteiger partial charge >= 0.3 is 0 Å². The Balaban J connectivity index is 4.27. The average molecular weight is 214 g/mol. The van der Waals surface area contributed by atoms with Crippen molar-refractivity contribution in [2.24, 2.45) is 0 Å². The van der Waals surface area contributed by atoms with Crippen molar-refractivity contribution >= 4 is 11.8 Å². The first kappa shape index (κ1) is 13.9. The average Bonchev–Trinajstić information content (AvgIpc) is 2.15. The van der Waals surface area contributed by atoms with E-state index in [0.29, 0.717) is 0 Å². The topological polar surface area (TPSA) is 49.4 Å². The Morgan fingerprint density at radius 2 is 1.67 bits per heavy atom. The van der Waals surface area contributed by atoms with Crippen LogP contribution in [0.4, 0.5) is 0 Å². The van der Waals surface area contributed by atoms with Crippen LogP contribution in [0.5, 0.6) is 0 Å². The predicted molar refractivity (Wildman–Crippen MR) is 60.4 cm³/mol. The molecule has 0 saturated carbocycles. The lowest BCUT2D eigenvalue weighted by molar-refractivity contribution is -0.135. The molecule has 4 nitrogen and oxygen atoms in total. The van der Waals surface area contributed by atoms with Gasteiger partial charge in [0.2, 0.25) is 11.8 Å². The van der Waals surface area contributed by atoms with Crippen LogP contribution in [0.25, 0.3) is 0 Å². The molecule has 0 saturated heterocycles. The van der Waals surface area contributed by atoms with E-state index in [1.165, 1.54) is 6.92 Å². The maximum Gasteiger partial charge on any atom is 0.244 e. The third kappa shape index (κ3) is 5.40. The number of carbonyl (C=O) groups excluding carboxylic acids is 2. The van der Waals surface area contributed by atoms with Crippen molar-refractivity contribution < 1.29 is 9.59 Å². The lowest BCUT2D eigenvalue weighted by atomic mass is 10.2. The highest BCUT2D eigenvalue weighted by atomic mass is 16.2. The number of amides is 2. The molecule has 88 valence electrons. The smallest absolute Gasteiger partial charge is 0.244 e. The molecular weight excluding hydrogens is 192 g/mol. The third-order valence-electron chi connectivity index (χ3n) is 2.09. The highest BCUT2D eigenvalue weighted by Crippen LogP contribution is 1.99. The monoisotopic (exact) mass is 214 g/mol. The quantitative estimate of drug-likeness (QED) is 0.721. The summed E-state index contributed by atoms with van der Waals surface area (Å²) in [4.78, 5) is 24.5. The Morgan fingerprint density at radius 3 is 2.00 bits per heavy atom. The van der Waals surface area contributed by atoms with E-state index < -0.39 is 6.04 Å². The van der Waals surface area contributed by atoms with E-state index in [0.717, 1.165) is 25.9 Å². The largest absolute Gasteiger partial charge is 0.345 e. The summed E-state index contributed by atoms with van der Waals surface area (Å²) in [6, 6.07) is -0.416. The molecule has 0 aromatic heterocycles. The summed E-state index contributed by atoms with van der Waals surface area (Å²) in [5, 5.41) is 2.61. The van der Waals surface area contributed by atoms with Gasteiger partial charge < -0.3 is 10.2 Å². The van der Waals surface area contributed by atoms with E-state index in [1.807, 2.05) is 13.8 Å². The fraction of sp³-hybridized carbons (Fsp3) is 0.818. The molecule has 0 fully saturated rings. The first-order chi connectivity index (χ1) is 7.02. The molecule has 1 N–H and O–H groups in total. The van der Waals surface area contributed by atoms with E-state index in [2.05, 4.69) is 5.32 Å². The second-order valence-corrected chi connectivity index (χ2v) is 3.75. The fourth-order valence-corrected chi connectivity index (χ4v) is 1.51. The first-order valence-electron chi connectivity index (χ1n) is 5.58. The van der Waals surface area contributed by atoms with E-state index in [9.17, 15) is 9.59 Å². The van der Waals surface area contributed by atoms with Crippen LogP contribution in [-0.2, 0) is 9.59 Å². The van der Waals surface area contributed by atoms with Gasteiger partial charge in [0.1, 0.15) is 6.04 Å². The van der Waals surface area contributed by atoms with Crippen LogP contribution < -0.4 is 5.32 Å². The van der Waals surface area contributed by atoms with Crippen LogP contribution in [0.15, 0.2) is 0 Å². The summed E-state index contributed by atoms with van der Waals surface area (Å²) < 4.78 is 0. The lowest BCUT2D eigenvalue weighted by Crippen LogP contribution is -2.46. The molecule has 0 aliphatic rings. The summed E-state index contributed by atoms with van der Waals surface area (Å²) in [5.41, 5.74) is 0. The van der Waals surface area contributed by atoms with Crippen LogP contribution in [0, 0.1) is 0 Å². The minimum atomic E-state index is -0.416. The highest BCUT2D eigenvalue weighted by molar-refractivity contribution is 5.86. The molecule has 4 heteroatoms. The van der Waals surface area contributed by atoms with Crippen molar-refractivity contribution in [2.75, 3.05) is 13.1 Å². The van der Waals surface area contributed by atoms with Crippen LogP contribution in [0.2, 0.25) is 0 Å². The molecule has 0 aromatic carbocycles. The fourth-order valence-electron chi connectivity index (χ4n) is 1.51. The van der Waals surface area contributed by atoms with Gasteiger partial charge in [0.15, 0.2) is 0 Å². The van der Waals surface area contributed by atoms with Crippen LogP contribution in [0.1, 0.15) is 40.5 Å². The number of hydrogen-bond acceptors (Lipinski definition) is 2. The maximum absolute atomic E-state index is 11.9. The van der Waals surface area contributed by atoms with Gasteiger partial charge in [-0.05, 0) is 19.8 Å². The van der Waals surface area contributed by atoms with Gasteiger partial charge in [-0.1, -0.05) is 13.8 Å². The molecule has 0 aliphatic heterocycles. The zero-order valence-electron chi connectivity index (χ0n) is 10.2. The van der Waals surface area contributed by atoms with Gasteiger partial charge in [-0.15, -0.1) is 0 Å². The standard InChI is InChI=1S/C11H22N2O2/c1-5-7-13(8-6-2)11(15)9(3)12-10(4)14/h9H,5-8H2,1-4H3,(H,12,14). The van der Waals surface area contributed by atoms with Crippen molar-refractivity contribution in [1.82, 2.24) is 10.2 Å². The normalized spacial score (nSPS) is 12.0. The van der Waals surface area contributed by atoms with E-state index in [4.69, 9.17) is 0 Å². The third-order valence-corrected chi connectivity index (χ3v) is 2.09. The number of carbonyl (C=O) groups is 2. The first-order valence-corrected chi connectivity index (χ1v) is 5.58. The molecule has 0 radical (unpaired) electrons. The van der Waals surface area contributed by atoms with Crippen LogP contribution in [0.3, 0.4) is 0 Å². The van der Waals surface area contributed by atoms with Crippen molar-refractivity contribution in [3.8, 4) is 0 Å². The van der Waals surface area contributed by atoms with Crippen molar-refractivity contribution in [2.45, 2.75) is 46.6 Å². The molecule has 2 amide bonds. The van der Waals surface area contributed by atoms with E-state index >= 15 is 0 Å². The second-order valence-electron chi connectivity index (χ2n) is 3.75. The zero-order chi connectivity index (χ0) is 11.8. The number of nitrogens with zero attached hydrogens (tertiary/aromatic N) is 1. The number of hydrogen-bond donors (Lipinski definition) is 1. The summed E-state index contributed by atoms with van der Waals surface area (Å²) in [7, 11) is 0. The Hall–Kier alpha value is -1.06. The second kappa shape index (κ2) is 7.26. The summed E-state index contributed by atoms with van der Waals surface area (Å²) in [5.74, 6) is -0.155. The Morgan fingerprint density at radius 1 is 1.20 bits per heavy atom. The van der Waals surface area contributed by atoms with Crippen LogP contribution in [-0.4, -0.2) is 35.8 Å². The Kier molecular flexibility index (Phi) is 6.75. The summed E-state index contributed by atoms with van der Waals surface area (Å²) in [6.07, 6.45) is 1.89. The Labute approximate surface area is 92.0 Å².